The molecule has 0 aliphatic carbocycles. The highest BCUT2D eigenvalue weighted by Crippen LogP contribution is 2.22. The SMILES string of the molecule is O=C(Cn1c2ccccc2c(=O)c2ccccc21)N[C@@H](c1ccccc1)c1ccccn1. The molecule has 0 spiro atoms. The number of carbonyl (C=O) groups excluding carboxylic acids is 1. The van der Waals surface area contributed by atoms with E-state index in [9.17, 15) is 9.59 Å². The van der Waals surface area contributed by atoms with Crippen LogP contribution in [0.25, 0.3) is 21.8 Å². The number of benzene rings is 3. The van der Waals surface area contributed by atoms with Crippen LogP contribution in [-0.4, -0.2) is 15.5 Å². The Morgan fingerprint density at radius 1 is 0.781 bits per heavy atom. The molecule has 0 saturated heterocycles. The molecule has 2 aromatic heterocycles. The summed E-state index contributed by atoms with van der Waals surface area (Å²) in [6.07, 6.45) is 1.72. The number of amides is 1. The van der Waals surface area contributed by atoms with Crippen LogP contribution in [0.2, 0.25) is 0 Å². The number of fused-ring (bicyclic) bond motifs is 2. The van der Waals surface area contributed by atoms with Gasteiger partial charge in [-0.2, -0.15) is 0 Å². The minimum absolute atomic E-state index is 0.0245. The fourth-order valence-corrected chi connectivity index (χ4v) is 4.12. The van der Waals surface area contributed by atoms with Gasteiger partial charge in [0.05, 0.1) is 22.8 Å². The maximum absolute atomic E-state index is 13.3. The van der Waals surface area contributed by atoms with Crippen molar-refractivity contribution in [2.24, 2.45) is 0 Å². The molecule has 156 valence electrons. The summed E-state index contributed by atoms with van der Waals surface area (Å²) in [5, 5.41) is 4.34. The topological polar surface area (TPSA) is 64.0 Å². The monoisotopic (exact) mass is 419 g/mol. The van der Waals surface area contributed by atoms with Gasteiger partial charge in [0.15, 0.2) is 5.43 Å². The van der Waals surface area contributed by atoms with Gasteiger partial charge < -0.3 is 9.88 Å². The normalized spacial score (nSPS) is 12.0. The summed E-state index contributed by atoms with van der Waals surface area (Å²) in [5.74, 6) is -0.163. The van der Waals surface area contributed by atoms with E-state index in [0.717, 1.165) is 22.3 Å². The lowest BCUT2D eigenvalue weighted by molar-refractivity contribution is -0.122. The summed E-state index contributed by atoms with van der Waals surface area (Å²) < 4.78 is 1.90. The number of pyridine rings is 2. The fourth-order valence-electron chi connectivity index (χ4n) is 4.12. The van der Waals surface area contributed by atoms with E-state index in [2.05, 4.69) is 10.3 Å². The molecule has 0 unspecified atom stereocenters. The second kappa shape index (κ2) is 8.47. The van der Waals surface area contributed by atoms with Crippen LogP contribution in [0.5, 0.6) is 0 Å². The van der Waals surface area contributed by atoms with E-state index in [1.807, 2.05) is 89.5 Å². The molecule has 1 N–H and O–H groups in total. The van der Waals surface area contributed by atoms with E-state index in [-0.39, 0.29) is 23.9 Å². The maximum Gasteiger partial charge on any atom is 0.240 e. The second-order valence-electron chi connectivity index (χ2n) is 7.62. The van der Waals surface area contributed by atoms with E-state index >= 15 is 0 Å². The highest BCUT2D eigenvalue weighted by Gasteiger charge is 2.19. The molecule has 0 bridgehead atoms. The number of carbonyl (C=O) groups is 1. The van der Waals surface area contributed by atoms with Crippen LogP contribution in [0.4, 0.5) is 0 Å². The molecule has 3 aromatic carbocycles. The Labute approximate surface area is 185 Å². The van der Waals surface area contributed by atoms with Gasteiger partial charge in [0, 0.05) is 17.0 Å². The van der Waals surface area contributed by atoms with E-state index < -0.39 is 0 Å². The zero-order valence-corrected chi connectivity index (χ0v) is 17.3. The van der Waals surface area contributed by atoms with Crippen molar-refractivity contribution in [2.75, 3.05) is 0 Å². The smallest absolute Gasteiger partial charge is 0.240 e. The zero-order valence-electron chi connectivity index (χ0n) is 17.3. The van der Waals surface area contributed by atoms with Crippen LogP contribution in [0.15, 0.2) is 108 Å². The molecular formula is C27H21N3O2. The molecule has 5 aromatic rings. The molecule has 0 radical (unpaired) electrons. The van der Waals surface area contributed by atoms with Gasteiger partial charge in [-0.25, -0.2) is 0 Å². The number of rotatable bonds is 5. The molecule has 5 rings (SSSR count). The van der Waals surface area contributed by atoms with Gasteiger partial charge in [0.1, 0.15) is 6.54 Å². The second-order valence-corrected chi connectivity index (χ2v) is 7.62. The Kier molecular flexibility index (Phi) is 5.22. The van der Waals surface area contributed by atoms with Gasteiger partial charge in [-0.1, -0.05) is 60.7 Å². The number of nitrogens with one attached hydrogen (secondary N) is 1. The van der Waals surface area contributed by atoms with Crippen molar-refractivity contribution < 1.29 is 4.79 Å². The number of hydrogen-bond acceptors (Lipinski definition) is 3. The average Bonchev–Trinajstić information content (AvgIpc) is 2.86. The molecule has 1 atom stereocenters. The fraction of sp³-hybridized carbons (Fsp3) is 0.0741. The van der Waals surface area contributed by atoms with Crippen molar-refractivity contribution >= 4 is 27.7 Å². The van der Waals surface area contributed by atoms with Gasteiger partial charge in [0.25, 0.3) is 0 Å². The number of hydrogen-bond donors (Lipinski definition) is 1. The Balaban J connectivity index is 1.56. The third kappa shape index (κ3) is 3.65. The molecule has 5 heteroatoms. The summed E-state index contributed by atoms with van der Waals surface area (Å²) in [5.41, 5.74) is 3.17. The third-order valence-electron chi connectivity index (χ3n) is 5.60. The lowest BCUT2D eigenvalue weighted by Gasteiger charge is -2.20. The summed E-state index contributed by atoms with van der Waals surface area (Å²) >= 11 is 0. The first kappa shape index (κ1) is 19.7. The van der Waals surface area contributed by atoms with Crippen molar-refractivity contribution in [3.05, 3.63) is 125 Å². The van der Waals surface area contributed by atoms with Gasteiger partial charge in [-0.15, -0.1) is 0 Å². The first-order chi connectivity index (χ1) is 15.7. The Morgan fingerprint density at radius 3 is 2.00 bits per heavy atom. The van der Waals surface area contributed by atoms with E-state index in [0.29, 0.717) is 10.8 Å². The highest BCUT2D eigenvalue weighted by molar-refractivity contribution is 5.94. The molecule has 0 fully saturated rings. The first-order valence-corrected chi connectivity index (χ1v) is 10.5. The lowest BCUT2D eigenvalue weighted by Crippen LogP contribution is -2.33. The largest absolute Gasteiger partial charge is 0.342 e. The minimum atomic E-state index is -0.373. The van der Waals surface area contributed by atoms with Crippen molar-refractivity contribution in [3.63, 3.8) is 0 Å². The van der Waals surface area contributed by atoms with E-state index in [4.69, 9.17) is 0 Å². The molecular weight excluding hydrogens is 398 g/mol. The lowest BCUT2D eigenvalue weighted by atomic mass is 10.0. The maximum atomic E-state index is 13.3. The quantitative estimate of drug-likeness (QED) is 0.428. The minimum Gasteiger partial charge on any atom is -0.342 e. The summed E-state index contributed by atoms with van der Waals surface area (Å²) in [6.45, 7) is 0.0808. The van der Waals surface area contributed by atoms with Crippen LogP contribution >= 0.6 is 0 Å². The van der Waals surface area contributed by atoms with Gasteiger partial charge in [-0.3, -0.25) is 14.6 Å². The van der Waals surface area contributed by atoms with Crippen LogP contribution in [-0.2, 0) is 11.3 Å². The molecule has 1 amide bonds. The Bertz CT molecular complexity index is 1360. The molecule has 0 aliphatic heterocycles. The Hall–Kier alpha value is -4.25. The number of aromatic nitrogens is 2. The van der Waals surface area contributed by atoms with Gasteiger partial charge >= 0.3 is 0 Å². The van der Waals surface area contributed by atoms with E-state index in [1.54, 1.807) is 18.3 Å². The van der Waals surface area contributed by atoms with Crippen molar-refractivity contribution in [1.82, 2.24) is 14.9 Å². The number of nitrogens with zero attached hydrogens (tertiary/aromatic N) is 2. The van der Waals surface area contributed by atoms with Gasteiger partial charge in [0.2, 0.25) is 5.91 Å². The number of para-hydroxylation sites is 2. The van der Waals surface area contributed by atoms with Crippen LogP contribution in [0, 0.1) is 0 Å². The standard InChI is InChI=1S/C27H21N3O2/c31-25(29-26(19-10-2-1-3-11-19)22-14-8-9-17-28-22)18-30-23-15-6-4-12-20(23)27(32)21-13-5-7-16-24(21)30/h1-17,26H,18H2,(H,29,31)/t26-/m0/s1. The molecule has 32 heavy (non-hydrogen) atoms. The van der Waals surface area contributed by atoms with Crippen molar-refractivity contribution in [2.45, 2.75) is 12.6 Å². The summed E-state index contributed by atoms with van der Waals surface area (Å²) in [7, 11) is 0. The van der Waals surface area contributed by atoms with Crippen LogP contribution < -0.4 is 10.7 Å². The predicted molar refractivity (Wildman–Crippen MR) is 126 cm³/mol. The summed E-state index contributed by atoms with van der Waals surface area (Å²) in [4.78, 5) is 30.7. The molecule has 2 heterocycles. The summed E-state index contributed by atoms with van der Waals surface area (Å²) in [6, 6.07) is 29.9. The molecule has 0 aliphatic rings. The Morgan fingerprint density at radius 2 is 1.38 bits per heavy atom. The van der Waals surface area contributed by atoms with Gasteiger partial charge in [-0.05, 0) is 42.0 Å². The first-order valence-electron chi connectivity index (χ1n) is 10.5. The van der Waals surface area contributed by atoms with Crippen LogP contribution in [0.3, 0.4) is 0 Å². The predicted octanol–water partition coefficient (Wildman–Crippen LogP) is 4.46. The molecule has 5 nitrogen and oxygen atoms in total. The third-order valence-corrected chi connectivity index (χ3v) is 5.60. The highest BCUT2D eigenvalue weighted by atomic mass is 16.2. The van der Waals surface area contributed by atoms with Crippen LogP contribution in [0.1, 0.15) is 17.3 Å². The zero-order chi connectivity index (χ0) is 21.9. The van der Waals surface area contributed by atoms with E-state index in [1.165, 1.54) is 0 Å². The van der Waals surface area contributed by atoms with Crippen molar-refractivity contribution in [3.8, 4) is 0 Å². The average molecular weight is 419 g/mol. The van der Waals surface area contributed by atoms with Crippen molar-refractivity contribution in [1.29, 1.82) is 0 Å². The molecule has 0 saturated carbocycles.